The summed E-state index contributed by atoms with van der Waals surface area (Å²) in [4.78, 5) is 19.0. The first-order chi connectivity index (χ1) is 13.3. The number of rotatable bonds is 2. The minimum Gasteiger partial charge on any atom is -0.507 e. The number of aryl methyl sites for hydroxylation is 1. The number of aliphatic imine (C=N–C) groups is 1. The van der Waals surface area contributed by atoms with E-state index in [1.165, 1.54) is 13.0 Å². The lowest BCUT2D eigenvalue weighted by Gasteiger charge is -2.26. The second kappa shape index (κ2) is 6.62. The van der Waals surface area contributed by atoms with Crippen LogP contribution in [-0.2, 0) is 0 Å². The van der Waals surface area contributed by atoms with E-state index in [9.17, 15) is 20.5 Å². The van der Waals surface area contributed by atoms with Gasteiger partial charge in [0.25, 0.3) is 5.69 Å². The molecule has 0 aliphatic carbocycles. The van der Waals surface area contributed by atoms with Gasteiger partial charge in [-0.2, -0.15) is 10.5 Å². The number of nitriles is 2. The van der Waals surface area contributed by atoms with Crippen molar-refractivity contribution >= 4 is 29.0 Å². The number of pyridine rings is 1. The quantitative estimate of drug-likeness (QED) is 0.216. The minimum atomic E-state index is -1.08. The predicted octanol–water partition coefficient (Wildman–Crippen LogP) is 0.981. The molecule has 1 aromatic carbocycles. The van der Waals surface area contributed by atoms with E-state index in [0.717, 1.165) is 6.07 Å². The van der Waals surface area contributed by atoms with Crippen molar-refractivity contribution in [3.8, 4) is 18.0 Å². The molecule has 7 N–H and O–H groups in total. The van der Waals surface area contributed by atoms with Gasteiger partial charge < -0.3 is 21.9 Å². The molecule has 3 rings (SSSR count). The minimum absolute atomic E-state index is 0.0282. The normalized spacial score (nSPS) is 14.7. The molecule has 0 spiro atoms. The maximum absolute atomic E-state index is 11.2. The maximum Gasteiger partial charge on any atom is 0.270 e. The van der Waals surface area contributed by atoms with E-state index >= 15 is 0 Å². The number of nitro benzene ring substituents is 1. The SMILES string of the molecule is Cc1cc([N+](=O)[O-])cc(C2N=C(NC#N)Nc3nc(N)c(C#N)c(N)c32)c1O. The molecule has 2 heterocycles. The second-order valence-corrected chi connectivity index (χ2v) is 5.86. The number of hydrogen-bond acceptors (Lipinski definition) is 11. The highest BCUT2D eigenvalue weighted by molar-refractivity contribution is 5.98. The summed E-state index contributed by atoms with van der Waals surface area (Å²) in [5.74, 6) is -0.296. The first-order valence-corrected chi connectivity index (χ1v) is 7.75. The van der Waals surface area contributed by atoms with Crippen LogP contribution in [0.1, 0.15) is 28.3 Å². The van der Waals surface area contributed by atoms with Crippen molar-refractivity contribution in [2.45, 2.75) is 13.0 Å². The number of nitro groups is 1. The number of nitrogen functional groups attached to an aromatic ring is 2. The molecule has 1 unspecified atom stereocenters. The number of phenolic OH excluding ortho intramolecular Hbond substituents is 1. The number of phenols is 1. The molecule has 12 nitrogen and oxygen atoms in total. The molecular weight excluding hydrogens is 366 g/mol. The third-order valence-corrected chi connectivity index (χ3v) is 4.18. The molecule has 0 radical (unpaired) electrons. The second-order valence-electron chi connectivity index (χ2n) is 5.86. The topological polar surface area (TPSA) is 212 Å². The summed E-state index contributed by atoms with van der Waals surface area (Å²) in [5.41, 5.74) is 12.0. The molecule has 1 atom stereocenters. The number of fused-ring (bicyclic) bond motifs is 1. The fourth-order valence-electron chi connectivity index (χ4n) is 2.91. The summed E-state index contributed by atoms with van der Waals surface area (Å²) in [6, 6.07) is 3.14. The van der Waals surface area contributed by atoms with Gasteiger partial charge in [0.2, 0.25) is 5.96 Å². The number of hydrogen-bond donors (Lipinski definition) is 5. The molecule has 0 amide bonds. The Bertz CT molecular complexity index is 1130. The van der Waals surface area contributed by atoms with E-state index < -0.39 is 11.0 Å². The lowest BCUT2D eigenvalue weighted by molar-refractivity contribution is -0.385. The standard InChI is InChI=1S/C16H13N9O3/c1-6-2-7(25(27)28)3-8(13(6)26)12-10-11(19)9(4-17)14(20)23-15(10)24-16(22-12)21-5-18/h2-3,12,26H,1H3,(H6,19,20,21,22,23,24). The zero-order valence-electron chi connectivity index (χ0n) is 14.4. The van der Waals surface area contributed by atoms with Crippen molar-refractivity contribution in [3.63, 3.8) is 0 Å². The van der Waals surface area contributed by atoms with Crippen LogP contribution in [0.4, 0.5) is 23.0 Å². The number of guanidine groups is 1. The van der Waals surface area contributed by atoms with E-state index in [0.29, 0.717) is 0 Å². The number of nitrogens with one attached hydrogen (secondary N) is 2. The van der Waals surface area contributed by atoms with Gasteiger partial charge in [0.1, 0.15) is 35.1 Å². The third-order valence-electron chi connectivity index (χ3n) is 4.18. The van der Waals surface area contributed by atoms with Crippen LogP contribution in [-0.4, -0.2) is 21.0 Å². The Morgan fingerprint density at radius 3 is 2.71 bits per heavy atom. The number of nitrogens with zero attached hydrogens (tertiary/aromatic N) is 5. The van der Waals surface area contributed by atoms with Crippen LogP contribution in [0.5, 0.6) is 5.75 Å². The van der Waals surface area contributed by atoms with Gasteiger partial charge in [-0.15, -0.1) is 0 Å². The summed E-state index contributed by atoms with van der Waals surface area (Å²) >= 11 is 0. The largest absolute Gasteiger partial charge is 0.507 e. The van der Waals surface area contributed by atoms with Crippen molar-refractivity contribution in [2.24, 2.45) is 4.99 Å². The highest BCUT2D eigenvalue weighted by Gasteiger charge is 2.32. The van der Waals surface area contributed by atoms with Gasteiger partial charge in [0.05, 0.1) is 10.6 Å². The number of nitrogens with two attached hydrogens (primary N) is 2. The summed E-state index contributed by atoms with van der Waals surface area (Å²) in [6.45, 7) is 1.50. The molecule has 1 aliphatic rings. The molecule has 12 heteroatoms. The molecule has 0 bridgehead atoms. The number of benzene rings is 1. The third kappa shape index (κ3) is 2.81. The fraction of sp³-hybridized carbons (Fsp3) is 0.125. The van der Waals surface area contributed by atoms with E-state index in [1.807, 2.05) is 6.07 Å². The lowest BCUT2D eigenvalue weighted by atomic mass is 9.93. The number of aromatic nitrogens is 1. The summed E-state index contributed by atoms with van der Waals surface area (Å²) in [5, 5.41) is 45.0. The molecule has 2 aromatic rings. The Labute approximate surface area is 157 Å². The molecule has 140 valence electrons. The van der Waals surface area contributed by atoms with Crippen LogP contribution in [0.3, 0.4) is 0 Å². The van der Waals surface area contributed by atoms with Gasteiger partial charge in [0, 0.05) is 23.3 Å². The molecular formula is C16H13N9O3. The Kier molecular flexibility index (Phi) is 4.31. The van der Waals surface area contributed by atoms with E-state index in [4.69, 9.17) is 16.7 Å². The Morgan fingerprint density at radius 1 is 1.39 bits per heavy atom. The van der Waals surface area contributed by atoms with Gasteiger partial charge in [-0.05, 0) is 12.5 Å². The van der Waals surface area contributed by atoms with E-state index in [-0.39, 0.29) is 57.0 Å². The van der Waals surface area contributed by atoms with Crippen molar-refractivity contribution < 1.29 is 10.0 Å². The molecule has 0 saturated heterocycles. The van der Waals surface area contributed by atoms with Gasteiger partial charge in [-0.3, -0.25) is 15.4 Å². The predicted molar refractivity (Wildman–Crippen MR) is 98.9 cm³/mol. The van der Waals surface area contributed by atoms with Gasteiger partial charge in [-0.25, -0.2) is 9.98 Å². The van der Waals surface area contributed by atoms with Crippen LogP contribution in [0.2, 0.25) is 0 Å². The first kappa shape index (κ1) is 18.2. The molecule has 0 fully saturated rings. The van der Waals surface area contributed by atoms with Gasteiger partial charge in [-0.1, -0.05) is 0 Å². The number of anilines is 3. The van der Waals surface area contributed by atoms with Crippen molar-refractivity contribution in [2.75, 3.05) is 16.8 Å². The van der Waals surface area contributed by atoms with Crippen LogP contribution >= 0.6 is 0 Å². The highest BCUT2D eigenvalue weighted by atomic mass is 16.6. The molecule has 1 aliphatic heterocycles. The Hall–Kier alpha value is -4.58. The van der Waals surface area contributed by atoms with Crippen LogP contribution in [0.25, 0.3) is 0 Å². The zero-order valence-corrected chi connectivity index (χ0v) is 14.4. The Balaban J connectivity index is 2.34. The average Bonchev–Trinajstić information content (AvgIpc) is 2.63. The van der Waals surface area contributed by atoms with Gasteiger partial charge in [0.15, 0.2) is 6.19 Å². The molecule has 28 heavy (non-hydrogen) atoms. The summed E-state index contributed by atoms with van der Waals surface area (Å²) in [6.07, 6.45) is 1.69. The number of non-ortho nitro benzene ring substituents is 1. The Morgan fingerprint density at radius 2 is 2.11 bits per heavy atom. The maximum atomic E-state index is 11.2. The fourth-order valence-corrected chi connectivity index (χ4v) is 2.91. The summed E-state index contributed by atoms with van der Waals surface area (Å²) in [7, 11) is 0. The van der Waals surface area contributed by atoms with Crippen molar-refractivity contribution in [1.82, 2.24) is 10.3 Å². The average molecular weight is 379 g/mol. The van der Waals surface area contributed by atoms with Crippen molar-refractivity contribution in [3.05, 3.63) is 44.5 Å². The first-order valence-electron chi connectivity index (χ1n) is 7.75. The van der Waals surface area contributed by atoms with Crippen LogP contribution < -0.4 is 22.1 Å². The molecule has 0 saturated carbocycles. The van der Waals surface area contributed by atoms with Gasteiger partial charge >= 0.3 is 0 Å². The van der Waals surface area contributed by atoms with E-state index in [1.54, 1.807) is 6.19 Å². The lowest BCUT2D eigenvalue weighted by Crippen LogP contribution is -2.32. The van der Waals surface area contributed by atoms with Crippen LogP contribution in [0, 0.1) is 39.8 Å². The van der Waals surface area contributed by atoms with Crippen LogP contribution in [0.15, 0.2) is 17.1 Å². The smallest absolute Gasteiger partial charge is 0.270 e. The number of aromatic hydroxyl groups is 1. The van der Waals surface area contributed by atoms with E-state index in [2.05, 4.69) is 20.6 Å². The monoisotopic (exact) mass is 379 g/mol. The molecule has 1 aromatic heterocycles. The highest BCUT2D eigenvalue weighted by Crippen LogP contribution is 2.44. The van der Waals surface area contributed by atoms with Crippen molar-refractivity contribution in [1.29, 1.82) is 10.5 Å². The zero-order chi connectivity index (χ0) is 20.6. The summed E-state index contributed by atoms with van der Waals surface area (Å²) < 4.78 is 0.